The van der Waals surface area contributed by atoms with Crippen LogP contribution in [0.2, 0.25) is 0 Å². The van der Waals surface area contributed by atoms with Crippen molar-refractivity contribution in [1.29, 1.82) is 0 Å². The third-order valence-corrected chi connectivity index (χ3v) is 5.57. The first-order valence-electron chi connectivity index (χ1n) is 9.23. The van der Waals surface area contributed by atoms with Crippen LogP contribution in [0.15, 0.2) is 66.7 Å². The molecule has 2 heteroatoms. The fourth-order valence-electron chi connectivity index (χ4n) is 4.25. The average Bonchev–Trinajstić information content (AvgIpc) is 3.10. The molecule has 3 aromatic carbocycles. The number of aromatic hydroxyl groups is 1. The smallest absolute Gasteiger partial charge is 0.115 e. The number of rotatable bonds is 4. The molecule has 1 fully saturated rings. The van der Waals surface area contributed by atoms with Crippen molar-refractivity contribution in [2.75, 3.05) is 0 Å². The number of hydrogen-bond acceptors (Lipinski definition) is 2. The Labute approximate surface area is 149 Å². The Balaban J connectivity index is 1.46. The molecule has 25 heavy (non-hydrogen) atoms. The summed E-state index contributed by atoms with van der Waals surface area (Å²) in [5, 5.41) is 16.0. The summed E-state index contributed by atoms with van der Waals surface area (Å²) in [6.07, 6.45) is 3.59. The molecule has 3 atom stereocenters. The van der Waals surface area contributed by atoms with Crippen molar-refractivity contribution in [3.63, 3.8) is 0 Å². The van der Waals surface area contributed by atoms with E-state index in [0.29, 0.717) is 23.8 Å². The highest BCUT2D eigenvalue weighted by Gasteiger charge is 2.27. The highest BCUT2D eigenvalue weighted by Crippen LogP contribution is 2.36. The van der Waals surface area contributed by atoms with Crippen molar-refractivity contribution in [1.82, 2.24) is 5.32 Å². The van der Waals surface area contributed by atoms with E-state index in [-0.39, 0.29) is 0 Å². The maximum atomic E-state index is 9.47. The van der Waals surface area contributed by atoms with Crippen molar-refractivity contribution in [2.24, 2.45) is 0 Å². The Morgan fingerprint density at radius 2 is 1.68 bits per heavy atom. The van der Waals surface area contributed by atoms with Crippen LogP contribution < -0.4 is 5.32 Å². The highest BCUT2D eigenvalue weighted by molar-refractivity contribution is 5.86. The zero-order valence-corrected chi connectivity index (χ0v) is 14.7. The summed E-state index contributed by atoms with van der Waals surface area (Å²) in [6, 6.07) is 23.8. The number of hydrogen-bond donors (Lipinski definition) is 2. The minimum absolute atomic E-state index is 0.342. The zero-order valence-electron chi connectivity index (χ0n) is 14.7. The maximum Gasteiger partial charge on any atom is 0.115 e. The lowest BCUT2D eigenvalue weighted by molar-refractivity contribution is 0.458. The van der Waals surface area contributed by atoms with Crippen molar-refractivity contribution < 1.29 is 5.11 Å². The first-order valence-corrected chi connectivity index (χ1v) is 9.23. The van der Waals surface area contributed by atoms with Crippen molar-refractivity contribution >= 4 is 10.8 Å². The van der Waals surface area contributed by atoms with Crippen LogP contribution in [0.25, 0.3) is 10.8 Å². The molecule has 0 aromatic heterocycles. The Kier molecular flexibility index (Phi) is 4.46. The van der Waals surface area contributed by atoms with Crippen LogP contribution in [-0.4, -0.2) is 11.1 Å². The van der Waals surface area contributed by atoms with Gasteiger partial charge in [0.15, 0.2) is 0 Å². The second-order valence-electron chi connectivity index (χ2n) is 7.26. The zero-order chi connectivity index (χ0) is 17.2. The van der Waals surface area contributed by atoms with Gasteiger partial charge in [-0.05, 0) is 66.1 Å². The largest absolute Gasteiger partial charge is 0.508 e. The molecule has 0 saturated heterocycles. The van der Waals surface area contributed by atoms with Crippen molar-refractivity contribution in [2.45, 2.75) is 44.2 Å². The van der Waals surface area contributed by atoms with Gasteiger partial charge in [0, 0.05) is 12.1 Å². The molecule has 0 bridgehead atoms. The van der Waals surface area contributed by atoms with Crippen LogP contribution in [0.5, 0.6) is 5.75 Å². The molecule has 3 aromatic rings. The molecule has 2 nitrogen and oxygen atoms in total. The molecule has 0 amide bonds. The molecule has 1 unspecified atom stereocenters. The standard InChI is InChI=1S/C23H25NO/c1-16(22-8-4-6-18-5-2-3-7-23(18)22)24-20-12-9-19(15-20)17-10-13-21(25)14-11-17/h2-8,10-11,13-14,16,19-20,24-25H,9,12,15H2,1H3/t16?,19-,20+/m1/s1. The Bertz CT molecular complexity index is 850. The minimum atomic E-state index is 0.342. The lowest BCUT2D eigenvalue weighted by Gasteiger charge is -2.21. The van der Waals surface area contributed by atoms with Gasteiger partial charge in [0.05, 0.1) is 0 Å². The van der Waals surface area contributed by atoms with E-state index in [1.54, 1.807) is 12.1 Å². The molecular weight excluding hydrogens is 306 g/mol. The molecule has 0 spiro atoms. The molecule has 128 valence electrons. The maximum absolute atomic E-state index is 9.47. The van der Waals surface area contributed by atoms with Gasteiger partial charge < -0.3 is 10.4 Å². The van der Waals surface area contributed by atoms with E-state index in [2.05, 4.69) is 66.8 Å². The molecule has 4 rings (SSSR count). The molecule has 2 N–H and O–H groups in total. The van der Waals surface area contributed by atoms with Crippen molar-refractivity contribution in [3.05, 3.63) is 77.9 Å². The van der Waals surface area contributed by atoms with Gasteiger partial charge in [-0.2, -0.15) is 0 Å². The first kappa shape index (κ1) is 16.2. The summed E-state index contributed by atoms with van der Waals surface area (Å²) >= 11 is 0. The number of benzene rings is 3. The molecule has 0 radical (unpaired) electrons. The average molecular weight is 331 g/mol. The van der Waals surface area contributed by atoms with Gasteiger partial charge in [0.1, 0.15) is 5.75 Å². The predicted octanol–water partition coefficient (Wildman–Crippen LogP) is 5.53. The van der Waals surface area contributed by atoms with E-state index in [9.17, 15) is 5.11 Å². The van der Waals surface area contributed by atoms with Gasteiger partial charge in [-0.3, -0.25) is 0 Å². The second-order valence-corrected chi connectivity index (χ2v) is 7.26. The van der Waals surface area contributed by atoms with Crippen LogP contribution in [0, 0.1) is 0 Å². The lowest BCUT2D eigenvalue weighted by atomic mass is 9.96. The van der Waals surface area contributed by atoms with Gasteiger partial charge >= 0.3 is 0 Å². The van der Waals surface area contributed by atoms with E-state index in [1.165, 1.54) is 41.2 Å². The monoisotopic (exact) mass is 331 g/mol. The minimum Gasteiger partial charge on any atom is -0.508 e. The summed E-state index contributed by atoms with van der Waals surface area (Å²) in [4.78, 5) is 0. The van der Waals surface area contributed by atoms with E-state index in [0.717, 1.165) is 0 Å². The highest BCUT2D eigenvalue weighted by atomic mass is 16.3. The third-order valence-electron chi connectivity index (χ3n) is 5.57. The molecular formula is C23H25NO. The van der Waals surface area contributed by atoms with E-state index in [1.807, 2.05) is 0 Å². The van der Waals surface area contributed by atoms with Crippen LogP contribution >= 0.6 is 0 Å². The SMILES string of the molecule is CC(N[C@H]1CC[C@@H](c2ccc(O)cc2)C1)c1cccc2ccccc12. The summed E-state index contributed by atoms with van der Waals surface area (Å²) in [5.74, 6) is 0.943. The van der Waals surface area contributed by atoms with Crippen molar-refractivity contribution in [3.8, 4) is 5.75 Å². The van der Waals surface area contributed by atoms with Gasteiger partial charge in [0.2, 0.25) is 0 Å². The third kappa shape index (κ3) is 3.40. The quantitative estimate of drug-likeness (QED) is 0.658. The predicted molar refractivity (Wildman–Crippen MR) is 104 cm³/mol. The summed E-state index contributed by atoms with van der Waals surface area (Å²) in [5.41, 5.74) is 2.73. The Morgan fingerprint density at radius 1 is 0.920 bits per heavy atom. The van der Waals surface area contributed by atoms with E-state index >= 15 is 0 Å². The fourth-order valence-corrected chi connectivity index (χ4v) is 4.25. The van der Waals surface area contributed by atoms with Gasteiger partial charge in [0.25, 0.3) is 0 Å². The first-order chi connectivity index (χ1) is 12.2. The second kappa shape index (κ2) is 6.89. The van der Waals surface area contributed by atoms with Gasteiger partial charge in [-0.1, -0.05) is 54.6 Å². The van der Waals surface area contributed by atoms with E-state index < -0.39 is 0 Å². The van der Waals surface area contributed by atoms with Crippen LogP contribution in [0.3, 0.4) is 0 Å². The summed E-state index contributed by atoms with van der Waals surface area (Å²) < 4.78 is 0. The Hall–Kier alpha value is -2.32. The fraction of sp³-hybridized carbons (Fsp3) is 0.304. The molecule has 1 aliphatic rings. The Morgan fingerprint density at radius 3 is 2.52 bits per heavy atom. The number of nitrogens with one attached hydrogen (secondary N) is 1. The van der Waals surface area contributed by atoms with E-state index in [4.69, 9.17) is 0 Å². The topological polar surface area (TPSA) is 32.3 Å². The number of fused-ring (bicyclic) bond motifs is 1. The van der Waals surface area contributed by atoms with Gasteiger partial charge in [-0.25, -0.2) is 0 Å². The molecule has 1 saturated carbocycles. The van der Waals surface area contributed by atoms with Gasteiger partial charge in [-0.15, -0.1) is 0 Å². The van der Waals surface area contributed by atoms with Crippen LogP contribution in [0.4, 0.5) is 0 Å². The molecule has 1 aliphatic carbocycles. The molecule has 0 heterocycles. The lowest BCUT2D eigenvalue weighted by Crippen LogP contribution is -2.29. The summed E-state index contributed by atoms with van der Waals surface area (Å²) in [7, 11) is 0. The number of phenols is 1. The normalized spacial score (nSPS) is 21.5. The van der Waals surface area contributed by atoms with Crippen LogP contribution in [0.1, 0.15) is 49.3 Å². The summed E-state index contributed by atoms with van der Waals surface area (Å²) in [6.45, 7) is 2.27. The number of phenolic OH excluding ortho intramolecular Hbond substituents is 1. The van der Waals surface area contributed by atoms with Crippen LogP contribution in [-0.2, 0) is 0 Å². The molecule has 0 aliphatic heterocycles.